The number of aromatic nitrogens is 2. The van der Waals surface area contributed by atoms with Gasteiger partial charge in [0, 0.05) is 12.1 Å². The van der Waals surface area contributed by atoms with E-state index in [-0.39, 0.29) is 10.6 Å². The molecule has 0 unspecified atom stereocenters. The lowest BCUT2D eigenvalue weighted by Gasteiger charge is -2.12. The summed E-state index contributed by atoms with van der Waals surface area (Å²) in [7, 11) is -0.667. The van der Waals surface area contributed by atoms with Gasteiger partial charge < -0.3 is 4.74 Å². The minimum absolute atomic E-state index is 0.0137. The molecule has 1 aromatic heterocycles. The highest BCUT2D eigenvalue weighted by Crippen LogP contribution is 2.30. The van der Waals surface area contributed by atoms with Crippen molar-refractivity contribution in [3.8, 4) is 5.75 Å². The first-order valence-corrected chi connectivity index (χ1v) is 7.99. The SMILES string of the molecule is COc1ccc(Cl)cc1S(=O)(=O)Nc1c(C)nn(C)c1C. The van der Waals surface area contributed by atoms with Crippen LogP contribution in [0.4, 0.5) is 5.69 Å². The Bertz CT molecular complexity index is 784. The molecule has 2 rings (SSSR count). The van der Waals surface area contributed by atoms with Gasteiger partial charge in [-0.05, 0) is 32.0 Å². The molecule has 0 amide bonds. The second-order valence-corrected chi connectivity index (χ2v) is 6.66. The predicted molar refractivity (Wildman–Crippen MR) is 81.5 cm³/mol. The van der Waals surface area contributed by atoms with Crippen LogP contribution in [0.3, 0.4) is 0 Å². The van der Waals surface area contributed by atoms with E-state index in [4.69, 9.17) is 16.3 Å². The van der Waals surface area contributed by atoms with Crippen LogP contribution in [0.2, 0.25) is 5.02 Å². The van der Waals surface area contributed by atoms with Crippen molar-refractivity contribution in [2.45, 2.75) is 18.7 Å². The largest absolute Gasteiger partial charge is 0.495 e. The van der Waals surface area contributed by atoms with E-state index < -0.39 is 10.0 Å². The summed E-state index contributed by atoms with van der Waals surface area (Å²) in [4.78, 5) is -0.0137. The number of benzene rings is 1. The fraction of sp³-hybridized carbons (Fsp3) is 0.308. The maximum Gasteiger partial charge on any atom is 0.265 e. The molecule has 0 aliphatic rings. The summed E-state index contributed by atoms with van der Waals surface area (Å²) in [6.07, 6.45) is 0. The molecule has 6 nitrogen and oxygen atoms in total. The molecule has 0 spiro atoms. The van der Waals surface area contributed by atoms with Crippen LogP contribution in [0, 0.1) is 13.8 Å². The van der Waals surface area contributed by atoms with Gasteiger partial charge in [-0.25, -0.2) is 8.42 Å². The van der Waals surface area contributed by atoms with E-state index in [9.17, 15) is 8.42 Å². The predicted octanol–water partition coefficient (Wildman–Crippen LogP) is 2.50. The highest BCUT2D eigenvalue weighted by molar-refractivity contribution is 7.92. The van der Waals surface area contributed by atoms with E-state index in [0.717, 1.165) is 5.69 Å². The summed E-state index contributed by atoms with van der Waals surface area (Å²) in [5.41, 5.74) is 1.77. The van der Waals surface area contributed by atoms with Crippen molar-refractivity contribution < 1.29 is 13.2 Å². The molecule has 0 aliphatic heterocycles. The van der Waals surface area contributed by atoms with Crippen LogP contribution in [0.1, 0.15) is 11.4 Å². The molecule has 0 aliphatic carbocycles. The van der Waals surface area contributed by atoms with Gasteiger partial charge in [0.05, 0.1) is 24.2 Å². The first kappa shape index (κ1) is 15.7. The number of sulfonamides is 1. The van der Waals surface area contributed by atoms with Crippen molar-refractivity contribution in [3.63, 3.8) is 0 Å². The van der Waals surface area contributed by atoms with Crippen molar-refractivity contribution in [2.75, 3.05) is 11.8 Å². The van der Waals surface area contributed by atoms with E-state index >= 15 is 0 Å². The molecule has 0 fully saturated rings. The zero-order valence-corrected chi connectivity index (χ0v) is 13.7. The molecule has 114 valence electrons. The Labute approximate surface area is 128 Å². The lowest BCUT2D eigenvalue weighted by atomic mass is 10.3. The van der Waals surface area contributed by atoms with Gasteiger partial charge in [-0.15, -0.1) is 0 Å². The Balaban J connectivity index is 2.50. The molecule has 0 saturated heterocycles. The van der Waals surface area contributed by atoms with Crippen molar-refractivity contribution in [1.82, 2.24) is 9.78 Å². The highest BCUT2D eigenvalue weighted by Gasteiger charge is 2.23. The summed E-state index contributed by atoms with van der Waals surface area (Å²) in [6, 6.07) is 4.43. The van der Waals surface area contributed by atoms with Gasteiger partial charge in [-0.1, -0.05) is 11.6 Å². The fourth-order valence-electron chi connectivity index (χ4n) is 1.97. The Morgan fingerprint density at radius 1 is 1.33 bits per heavy atom. The highest BCUT2D eigenvalue weighted by atomic mass is 35.5. The van der Waals surface area contributed by atoms with Crippen LogP contribution < -0.4 is 9.46 Å². The number of nitrogens with zero attached hydrogens (tertiary/aromatic N) is 2. The number of nitrogens with one attached hydrogen (secondary N) is 1. The second kappa shape index (κ2) is 5.57. The average molecular weight is 330 g/mol. The number of hydrogen-bond donors (Lipinski definition) is 1. The minimum Gasteiger partial charge on any atom is -0.495 e. The average Bonchev–Trinajstić information content (AvgIpc) is 2.65. The first-order valence-electron chi connectivity index (χ1n) is 6.13. The molecule has 1 heterocycles. The molecule has 1 N–H and O–H groups in total. The molecular formula is C13H16ClN3O3S. The van der Waals surface area contributed by atoms with Gasteiger partial charge in [0.15, 0.2) is 0 Å². The summed E-state index contributed by atoms with van der Waals surface area (Å²) in [5, 5.41) is 4.50. The zero-order chi connectivity index (χ0) is 15.8. The Morgan fingerprint density at radius 3 is 2.52 bits per heavy atom. The van der Waals surface area contributed by atoms with Gasteiger partial charge in [-0.2, -0.15) is 5.10 Å². The van der Waals surface area contributed by atoms with Crippen LogP contribution in [-0.4, -0.2) is 25.3 Å². The maximum atomic E-state index is 12.6. The summed E-state index contributed by atoms with van der Waals surface area (Å²) in [5.74, 6) is 0.228. The van der Waals surface area contributed by atoms with Gasteiger partial charge in [0.2, 0.25) is 0 Å². The topological polar surface area (TPSA) is 73.2 Å². The number of rotatable bonds is 4. The molecule has 0 radical (unpaired) electrons. The molecular weight excluding hydrogens is 314 g/mol. The molecule has 1 aromatic carbocycles. The van der Waals surface area contributed by atoms with E-state index in [1.165, 1.54) is 19.2 Å². The molecule has 8 heteroatoms. The number of anilines is 1. The lowest BCUT2D eigenvalue weighted by molar-refractivity contribution is 0.403. The van der Waals surface area contributed by atoms with Crippen LogP contribution in [0.5, 0.6) is 5.75 Å². The van der Waals surface area contributed by atoms with Gasteiger partial charge in [-0.3, -0.25) is 9.40 Å². The third-order valence-electron chi connectivity index (χ3n) is 3.16. The van der Waals surface area contributed by atoms with E-state index in [2.05, 4.69) is 9.82 Å². The molecule has 0 saturated carbocycles. The van der Waals surface area contributed by atoms with Crippen molar-refractivity contribution in [2.24, 2.45) is 7.05 Å². The zero-order valence-electron chi connectivity index (χ0n) is 12.1. The molecule has 0 bridgehead atoms. The quantitative estimate of drug-likeness (QED) is 0.935. The van der Waals surface area contributed by atoms with Gasteiger partial charge in [0.1, 0.15) is 10.6 Å². The van der Waals surface area contributed by atoms with Crippen molar-refractivity contribution in [1.29, 1.82) is 0 Å². The smallest absolute Gasteiger partial charge is 0.265 e. The number of hydrogen-bond acceptors (Lipinski definition) is 4. The first-order chi connectivity index (χ1) is 9.76. The fourth-order valence-corrected chi connectivity index (χ4v) is 3.58. The Kier molecular flexibility index (Phi) is 4.15. The standard InChI is InChI=1S/C13H16ClN3O3S/c1-8-13(9(2)17(3)15-8)16-21(18,19)12-7-10(14)5-6-11(12)20-4/h5-7,16H,1-4H3. The summed E-state index contributed by atoms with van der Waals surface area (Å²) in [6.45, 7) is 3.52. The summed E-state index contributed by atoms with van der Waals surface area (Å²) < 4.78 is 34.4. The van der Waals surface area contributed by atoms with Crippen molar-refractivity contribution in [3.05, 3.63) is 34.6 Å². The monoisotopic (exact) mass is 329 g/mol. The molecule has 0 atom stereocenters. The molecule has 2 aromatic rings. The van der Waals surface area contributed by atoms with E-state index in [0.29, 0.717) is 16.4 Å². The summed E-state index contributed by atoms with van der Waals surface area (Å²) >= 11 is 5.89. The van der Waals surface area contributed by atoms with Crippen molar-refractivity contribution >= 4 is 27.3 Å². The number of halogens is 1. The number of aryl methyl sites for hydroxylation is 2. The maximum absolute atomic E-state index is 12.6. The third-order valence-corrected chi connectivity index (χ3v) is 4.77. The van der Waals surface area contributed by atoms with Gasteiger partial charge in [0.25, 0.3) is 10.0 Å². The second-order valence-electron chi connectivity index (χ2n) is 4.57. The normalized spacial score (nSPS) is 11.5. The van der Waals surface area contributed by atoms with Crippen LogP contribution in [0.25, 0.3) is 0 Å². The number of ether oxygens (including phenoxy) is 1. The van der Waals surface area contributed by atoms with E-state index in [1.54, 1.807) is 31.6 Å². The van der Waals surface area contributed by atoms with Crippen LogP contribution in [-0.2, 0) is 17.1 Å². The number of methoxy groups -OCH3 is 1. The molecule has 21 heavy (non-hydrogen) atoms. The van der Waals surface area contributed by atoms with E-state index in [1.807, 2.05) is 0 Å². The Morgan fingerprint density at radius 2 is 2.00 bits per heavy atom. The lowest BCUT2D eigenvalue weighted by Crippen LogP contribution is -2.15. The van der Waals surface area contributed by atoms with Crippen LogP contribution >= 0.6 is 11.6 Å². The third kappa shape index (κ3) is 2.98. The van der Waals surface area contributed by atoms with Gasteiger partial charge >= 0.3 is 0 Å². The van der Waals surface area contributed by atoms with Crippen LogP contribution in [0.15, 0.2) is 23.1 Å². The minimum atomic E-state index is -3.82. The Hall–Kier alpha value is -1.73.